The first-order chi connectivity index (χ1) is 14.9. The number of hydrogen-bond donors (Lipinski definition) is 2. The van der Waals surface area contributed by atoms with E-state index >= 15 is 0 Å². The third kappa shape index (κ3) is 3.04. The first kappa shape index (κ1) is 22.3. The molecule has 2 aromatic rings. The lowest BCUT2D eigenvalue weighted by Crippen LogP contribution is -2.58. The van der Waals surface area contributed by atoms with E-state index in [0.29, 0.717) is 30.6 Å². The van der Waals surface area contributed by atoms with Crippen LogP contribution in [0.5, 0.6) is 0 Å². The van der Waals surface area contributed by atoms with E-state index in [9.17, 15) is 19.4 Å². The SMILES string of the molecule is C=C/C=C(/O)c1c(C)n(-c2ccc(F)c(C)c2)c2c1[C@]1(C[C@@](C)(C(=O)O)C1)OCC2(C)C. The molecule has 0 radical (unpaired) electrons. The van der Waals surface area contributed by atoms with Gasteiger partial charge in [-0.15, -0.1) is 0 Å². The van der Waals surface area contributed by atoms with E-state index in [-0.39, 0.29) is 11.6 Å². The van der Waals surface area contributed by atoms with Gasteiger partial charge in [0.25, 0.3) is 0 Å². The van der Waals surface area contributed by atoms with Crippen LogP contribution in [0.15, 0.2) is 36.9 Å². The molecule has 1 fully saturated rings. The number of aliphatic carboxylic acids is 1. The van der Waals surface area contributed by atoms with Gasteiger partial charge in [0.05, 0.1) is 17.6 Å². The van der Waals surface area contributed by atoms with Crippen LogP contribution in [-0.2, 0) is 20.5 Å². The molecule has 0 saturated heterocycles. The molecule has 0 amide bonds. The van der Waals surface area contributed by atoms with Crippen molar-refractivity contribution in [3.05, 3.63) is 70.8 Å². The first-order valence-corrected chi connectivity index (χ1v) is 10.8. The average Bonchev–Trinajstić information content (AvgIpc) is 3.00. The summed E-state index contributed by atoms with van der Waals surface area (Å²) in [6.45, 7) is 13.6. The van der Waals surface area contributed by atoms with E-state index in [4.69, 9.17) is 4.74 Å². The number of fused-ring (bicyclic) bond motifs is 2. The van der Waals surface area contributed by atoms with Crippen molar-refractivity contribution >= 4 is 11.7 Å². The zero-order valence-corrected chi connectivity index (χ0v) is 19.3. The maximum Gasteiger partial charge on any atom is 0.309 e. The van der Waals surface area contributed by atoms with Crippen LogP contribution in [0.25, 0.3) is 11.4 Å². The molecule has 2 aliphatic rings. The van der Waals surface area contributed by atoms with Gasteiger partial charge in [0, 0.05) is 33.6 Å². The monoisotopic (exact) mass is 439 g/mol. The Morgan fingerprint density at radius 2 is 1.88 bits per heavy atom. The van der Waals surface area contributed by atoms with Crippen molar-refractivity contribution in [1.29, 1.82) is 0 Å². The second-order valence-electron chi connectivity index (χ2n) is 10.1. The minimum atomic E-state index is -0.893. The molecule has 1 aromatic carbocycles. The Labute approximate surface area is 187 Å². The van der Waals surface area contributed by atoms with Gasteiger partial charge in [-0.3, -0.25) is 4.79 Å². The number of aryl methyl sites for hydroxylation is 1. The summed E-state index contributed by atoms with van der Waals surface area (Å²) in [5, 5.41) is 20.8. The molecule has 6 heteroatoms. The molecular formula is C26H30FNO4. The highest BCUT2D eigenvalue weighted by molar-refractivity contribution is 5.78. The van der Waals surface area contributed by atoms with E-state index in [1.54, 1.807) is 26.0 Å². The molecule has 1 spiro atoms. The zero-order valence-electron chi connectivity index (χ0n) is 19.3. The summed E-state index contributed by atoms with van der Waals surface area (Å²) in [4.78, 5) is 11.9. The van der Waals surface area contributed by atoms with Crippen LogP contribution in [0.3, 0.4) is 0 Å². The lowest BCUT2D eigenvalue weighted by atomic mass is 9.55. The van der Waals surface area contributed by atoms with Crippen LogP contribution < -0.4 is 0 Å². The minimum absolute atomic E-state index is 0.0518. The topological polar surface area (TPSA) is 71.7 Å². The minimum Gasteiger partial charge on any atom is -0.507 e. The van der Waals surface area contributed by atoms with Crippen LogP contribution in [-0.4, -0.2) is 27.4 Å². The normalized spacial score (nSPS) is 26.5. The molecular weight excluding hydrogens is 409 g/mol. The molecule has 1 aliphatic carbocycles. The van der Waals surface area contributed by atoms with Crippen LogP contribution in [0.2, 0.25) is 0 Å². The number of nitrogens with zero attached hydrogens (tertiary/aromatic N) is 1. The molecule has 0 bridgehead atoms. The van der Waals surface area contributed by atoms with Gasteiger partial charge in [-0.1, -0.05) is 26.5 Å². The quantitative estimate of drug-likeness (QED) is 0.473. The van der Waals surface area contributed by atoms with Crippen molar-refractivity contribution in [3.63, 3.8) is 0 Å². The maximum atomic E-state index is 14.0. The molecule has 1 aliphatic heterocycles. The molecule has 2 heterocycles. The molecule has 0 atom stereocenters. The number of allylic oxidation sites excluding steroid dienone is 2. The van der Waals surface area contributed by atoms with Gasteiger partial charge in [0.15, 0.2) is 0 Å². The highest BCUT2D eigenvalue weighted by Crippen LogP contribution is 2.62. The molecule has 0 unspecified atom stereocenters. The van der Waals surface area contributed by atoms with Crippen LogP contribution >= 0.6 is 0 Å². The second kappa shape index (κ2) is 7.07. The van der Waals surface area contributed by atoms with Gasteiger partial charge in [-0.2, -0.15) is 0 Å². The van der Waals surface area contributed by atoms with E-state index in [0.717, 1.165) is 22.6 Å². The number of carboxylic acids is 1. The summed E-state index contributed by atoms with van der Waals surface area (Å²) >= 11 is 0. The number of carbonyl (C=O) groups is 1. The molecule has 1 aromatic heterocycles. The molecule has 5 nitrogen and oxygen atoms in total. The van der Waals surface area contributed by atoms with Crippen molar-refractivity contribution < 1.29 is 24.1 Å². The number of rotatable bonds is 4. The van der Waals surface area contributed by atoms with Gasteiger partial charge in [0.2, 0.25) is 0 Å². The Hall–Kier alpha value is -2.86. The highest BCUT2D eigenvalue weighted by atomic mass is 19.1. The van der Waals surface area contributed by atoms with E-state index in [2.05, 4.69) is 25.0 Å². The second-order valence-corrected chi connectivity index (χ2v) is 10.1. The van der Waals surface area contributed by atoms with Crippen molar-refractivity contribution in [2.45, 2.75) is 58.5 Å². The summed E-state index contributed by atoms with van der Waals surface area (Å²) in [6, 6.07) is 4.97. The van der Waals surface area contributed by atoms with Crippen molar-refractivity contribution in [2.24, 2.45) is 5.41 Å². The number of hydrogen-bond acceptors (Lipinski definition) is 3. The molecule has 4 rings (SSSR count). The summed E-state index contributed by atoms with van der Waals surface area (Å²) in [5.74, 6) is -1.08. The number of carboxylic acid groups (broad SMARTS) is 1. The number of benzene rings is 1. The third-order valence-electron chi connectivity index (χ3n) is 7.01. The fourth-order valence-corrected chi connectivity index (χ4v) is 5.47. The first-order valence-electron chi connectivity index (χ1n) is 10.8. The van der Waals surface area contributed by atoms with Crippen molar-refractivity contribution in [2.75, 3.05) is 6.61 Å². The Kier molecular flexibility index (Phi) is 4.94. The van der Waals surface area contributed by atoms with Crippen LogP contribution in [0.4, 0.5) is 4.39 Å². The van der Waals surface area contributed by atoms with E-state index < -0.39 is 22.4 Å². The Balaban J connectivity index is 2.06. The standard InChI is InChI=1S/C26H30FNO4/c1-7-8-19(29)20-16(3)28(17-9-10-18(27)15(2)11-17)22-21(20)26(32-14-24(22,4)5)12-25(6,13-26)23(30)31/h7-11,29H,1,12-14H2,2-6H3,(H,30,31)/b19-8+/t25-,26-. The molecule has 170 valence electrons. The third-order valence-corrected chi connectivity index (χ3v) is 7.01. The van der Waals surface area contributed by atoms with Gasteiger partial charge in [0.1, 0.15) is 11.6 Å². The fourth-order valence-electron chi connectivity index (χ4n) is 5.47. The summed E-state index contributed by atoms with van der Waals surface area (Å²) < 4.78 is 22.5. The number of aromatic nitrogens is 1. The Morgan fingerprint density at radius 1 is 1.22 bits per heavy atom. The lowest BCUT2D eigenvalue weighted by Gasteiger charge is -2.56. The summed E-state index contributed by atoms with van der Waals surface area (Å²) in [5.41, 5.74) is 2.40. The average molecular weight is 440 g/mol. The van der Waals surface area contributed by atoms with Crippen LogP contribution in [0, 0.1) is 25.1 Å². The highest BCUT2D eigenvalue weighted by Gasteiger charge is 2.63. The predicted octanol–water partition coefficient (Wildman–Crippen LogP) is 5.71. The molecule has 32 heavy (non-hydrogen) atoms. The van der Waals surface area contributed by atoms with E-state index in [1.165, 1.54) is 18.2 Å². The smallest absolute Gasteiger partial charge is 0.309 e. The lowest BCUT2D eigenvalue weighted by molar-refractivity contribution is -0.206. The number of aliphatic hydroxyl groups excluding tert-OH is 1. The summed E-state index contributed by atoms with van der Waals surface area (Å²) in [7, 11) is 0. The number of ether oxygens (including phenoxy) is 1. The number of halogens is 1. The Bertz CT molecular complexity index is 1160. The zero-order chi connectivity index (χ0) is 23.6. The predicted molar refractivity (Wildman–Crippen MR) is 122 cm³/mol. The maximum absolute atomic E-state index is 14.0. The van der Waals surface area contributed by atoms with Gasteiger partial charge in [-0.05, 0) is 63.5 Å². The number of aliphatic hydroxyl groups is 1. The Morgan fingerprint density at radius 3 is 2.44 bits per heavy atom. The van der Waals surface area contributed by atoms with Gasteiger partial charge >= 0.3 is 5.97 Å². The molecule has 2 N–H and O–H groups in total. The van der Waals surface area contributed by atoms with Gasteiger partial charge in [-0.25, -0.2) is 4.39 Å². The molecule has 1 saturated carbocycles. The van der Waals surface area contributed by atoms with Crippen molar-refractivity contribution in [1.82, 2.24) is 4.57 Å². The van der Waals surface area contributed by atoms with Crippen LogP contribution in [0.1, 0.15) is 61.7 Å². The fraction of sp³-hybridized carbons (Fsp3) is 0.423. The summed E-state index contributed by atoms with van der Waals surface area (Å²) in [6.07, 6.45) is 3.69. The van der Waals surface area contributed by atoms with Crippen molar-refractivity contribution in [3.8, 4) is 5.69 Å². The largest absolute Gasteiger partial charge is 0.507 e. The van der Waals surface area contributed by atoms with Gasteiger partial charge < -0.3 is 19.5 Å². The van der Waals surface area contributed by atoms with E-state index in [1.807, 2.05) is 6.92 Å².